The molecular weight excluding hydrogens is 228 g/mol. The van der Waals surface area contributed by atoms with Crippen molar-refractivity contribution in [2.24, 2.45) is 11.8 Å². The van der Waals surface area contributed by atoms with Gasteiger partial charge in [0.15, 0.2) is 0 Å². The van der Waals surface area contributed by atoms with Crippen LogP contribution in [0, 0.1) is 18.8 Å². The summed E-state index contributed by atoms with van der Waals surface area (Å²) in [4.78, 5) is 11.6. The normalized spacial score (nSPS) is 19.3. The Bertz CT molecular complexity index is 447. The average molecular weight is 248 g/mol. The van der Waals surface area contributed by atoms with Crippen LogP contribution in [0.15, 0.2) is 24.3 Å². The molecule has 1 N–H and O–H groups in total. The average Bonchev–Trinajstić information content (AvgIpc) is 2.21. The summed E-state index contributed by atoms with van der Waals surface area (Å²) in [5, 5.41) is 9.52. The van der Waals surface area contributed by atoms with E-state index in [1.165, 1.54) is 0 Å². The molecule has 3 nitrogen and oxygen atoms in total. The first kappa shape index (κ1) is 13.1. The Kier molecular flexibility index (Phi) is 3.44. The van der Waals surface area contributed by atoms with Crippen LogP contribution in [0.2, 0.25) is 0 Å². The van der Waals surface area contributed by atoms with E-state index >= 15 is 0 Å². The Morgan fingerprint density at radius 1 is 1.39 bits per heavy atom. The third-order valence-electron chi connectivity index (χ3n) is 3.84. The predicted molar refractivity (Wildman–Crippen MR) is 69.6 cm³/mol. The van der Waals surface area contributed by atoms with Crippen LogP contribution in [0.3, 0.4) is 0 Å². The fraction of sp³-hybridized carbons (Fsp3) is 0.533. The number of hydrogen-bond donors (Lipinski definition) is 1. The fourth-order valence-corrected chi connectivity index (χ4v) is 2.96. The van der Waals surface area contributed by atoms with Crippen molar-refractivity contribution < 1.29 is 14.6 Å². The third kappa shape index (κ3) is 2.03. The summed E-state index contributed by atoms with van der Waals surface area (Å²) in [6.45, 7) is 6.97. The minimum atomic E-state index is -0.727. The minimum Gasteiger partial charge on any atom is -0.481 e. The number of carboxylic acid groups (broad SMARTS) is 1. The zero-order valence-corrected chi connectivity index (χ0v) is 11.1. The number of benzene rings is 1. The Morgan fingerprint density at radius 2 is 2.06 bits per heavy atom. The maximum Gasteiger partial charge on any atom is 0.307 e. The maximum atomic E-state index is 11.6. The number of aliphatic carboxylic acids is 1. The van der Waals surface area contributed by atoms with Gasteiger partial charge in [0.25, 0.3) is 0 Å². The number of ether oxygens (including phenoxy) is 1. The molecule has 1 aromatic rings. The second-order valence-corrected chi connectivity index (χ2v) is 5.58. The topological polar surface area (TPSA) is 46.5 Å². The van der Waals surface area contributed by atoms with E-state index in [9.17, 15) is 9.90 Å². The van der Waals surface area contributed by atoms with Crippen molar-refractivity contribution in [2.45, 2.75) is 26.2 Å². The van der Waals surface area contributed by atoms with Gasteiger partial charge in [0.1, 0.15) is 0 Å². The fourth-order valence-electron chi connectivity index (χ4n) is 2.96. The summed E-state index contributed by atoms with van der Waals surface area (Å²) in [7, 11) is 0. The summed E-state index contributed by atoms with van der Waals surface area (Å²) in [6, 6.07) is 8.13. The van der Waals surface area contributed by atoms with E-state index in [0.29, 0.717) is 13.2 Å². The Hall–Kier alpha value is -1.35. The highest BCUT2D eigenvalue weighted by molar-refractivity contribution is 5.73. The highest BCUT2D eigenvalue weighted by Gasteiger charge is 2.51. The lowest BCUT2D eigenvalue weighted by Crippen LogP contribution is -2.56. The Balaban J connectivity index is 2.44. The zero-order chi connectivity index (χ0) is 13.3. The highest BCUT2D eigenvalue weighted by Crippen LogP contribution is 2.43. The first-order chi connectivity index (χ1) is 8.47. The lowest BCUT2D eigenvalue weighted by atomic mass is 9.64. The summed E-state index contributed by atoms with van der Waals surface area (Å²) in [6.07, 6.45) is 0. The van der Waals surface area contributed by atoms with E-state index < -0.39 is 11.9 Å². The van der Waals surface area contributed by atoms with E-state index in [4.69, 9.17) is 4.74 Å². The molecule has 0 aliphatic carbocycles. The molecule has 98 valence electrons. The monoisotopic (exact) mass is 248 g/mol. The first-order valence-corrected chi connectivity index (χ1v) is 6.35. The predicted octanol–water partition coefficient (Wildman–Crippen LogP) is 2.62. The molecule has 1 aliphatic rings. The van der Waals surface area contributed by atoms with Crippen LogP contribution in [-0.4, -0.2) is 24.3 Å². The molecule has 0 amide bonds. The lowest BCUT2D eigenvalue weighted by molar-refractivity contribution is -0.161. The van der Waals surface area contributed by atoms with Gasteiger partial charge in [-0.15, -0.1) is 0 Å². The molecule has 0 saturated carbocycles. The standard InChI is InChI=1S/C15H20O3/c1-10(2)13(14(16)17)15(8-18-9-15)12-6-4-5-11(3)7-12/h4-7,10,13H,8-9H2,1-3H3,(H,16,17). The zero-order valence-electron chi connectivity index (χ0n) is 11.1. The highest BCUT2D eigenvalue weighted by atomic mass is 16.5. The Morgan fingerprint density at radius 3 is 2.44 bits per heavy atom. The minimum absolute atomic E-state index is 0.0897. The molecular formula is C15H20O3. The molecule has 18 heavy (non-hydrogen) atoms. The van der Waals surface area contributed by atoms with Crippen LogP contribution in [-0.2, 0) is 14.9 Å². The molecule has 1 atom stereocenters. The van der Waals surface area contributed by atoms with E-state index in [1.807, 2.05) is 39.0 Å². The summed E-state index contributed by atoms with van der Waals surface area (Å²) < 4.78 is 5.35. The number of carboxylic acids is 1. The van der Waals surface area contributed by atoms with Crippen LogP contribution in [0.4, 0.5) is 0 Å². The summed E-state index contributed by atoms with van der Waals surface area (Å²) in [5.41, 5.74) is 1.90. The molecule has 1 aromatic carbocycles. The summed E-state index contributed by atoms with van der Waals surface area (Å²) >= 11 is 0. The van der Waals surface area contributed by atoms with Gasteiger partial charge in [0.05, 0.1) is 24.5 Å². The first-order valence-electron chi connectivity index (χ1n) is 6.35. The van der Waals surface area contributed by atoms with Crippen molar-refractivity contribution in [3.8, 4) is 0 Å². The van der Waals surface area contributed by atoms with Gasteiger partial charge in [0, 0.05) is 0 Å². The van der Waals surface area contributed by atoms with Gasteiger partial charge < -0.3 is 9.84 Å². The van der Waals surface area contributed by atoms with Crippen molar-refractivity contribution in [3.05, 3.63) is 35.4 Å². The Labute approximate surface area is 108 Å². The van der Waals surface area contributed by atoms with Crippen LogP contribution in [0.1, 0.15) is 25.0 Å². The van der Waals surface area contributed by atoms with Gasteiger partial charge in [-0.1, -0.05) is 43.7 Å². The van der Waals surface area contributed by atoms with E-state index in [0.717, 1.165) is 11.1 Å². The van der Waals surface area contributed by atoms with Crippen molar-refractivity contribution in [1.82, 2.24) is 0 Å². The van der Waals surface area contributed by atoms with Crippen LogP contribution in [0.25, 0.3) is 0 Å². The number of carbonyl (C=O) groups is 1. The molecule has 0 radical (unpaired) electrons. The SMILES string of the molecule is Cc1cccc(C2(C(C(=O)O)C(C)C)COC2)c1. The van der Waals surface area contributed by atoms with Crippen molar-refractivity contribution >= 4 is 5.97 Å². The quantitative estimate of drug-likeness (QED) is 0.891. The second-order valence-electron chi connectivity index (χ2n) is 5.58. The maximum absolute atomic E-state index is 11.6. The number of hydrogen-bond acceptors (Lipinski definition) is 2. The molecule has 2 rings (SSSR count). The lowest BCUT2D eigenvalue weighted by Gasteiger charge is -2.47. The summed E-state index contributed by atoms with van der Waals surface area (Å²) in [5.74, 6) is -1.03. The van der Waals surface area contributed by atoms with E-state index in [2.05, 4.69) is 6.07 Å². The molecule has 1 fully saturated rings. The van der Waals surface area contributed by atoms with Crippen LogP contribution >= 0.6 is 0 Å². The number of rotatable bonds is 4. The van der Waals surface area contributed by atoms with Crippen LogP contribution < -0.4 is 0 Å². The van der Waals surface area contributed by atoms with Gasteiger partial charge in [-0.3, -0.25) is 4.79 Å². The molecule has 1 heterocycles. The van der Waals surface area contributed by atoms with E-state index in [-0.39, 0.29) is 11.3 Å². The molecule has 0 spiro atoms. The molecule has 0 aromatic heterocycles. The molecule has 1 saturated heterocycles. The van der Waals surface area contributed by atoms with Crippen LogP contribution in [0.5, 0.6) is 0 Å². The molecule has 3 heteroatoms. The van der Waals surface area contributed by atoms with Gasteiger partial charge in [-0.05, 0) is 18.4 Å². The second kappa shape index (κ2) is 4.73. The molecule has 0 bridgehead atoms. The molecule has 1 unspecified atom stereocenters. The van der Waals surface area contributed by atoms with Crippen molar-refractivity contribution in [1.29, 1.82) is 0 Å². The van der Waals surface area contributed by atoms with Gasteiger partial charge in [-0.2, -0.15) is 0 Å². The number of aryl methyl sites for hydroxylation is 1. The molecule has 1 aliphatic heterocycles. The third-order valence-corrected chi connectivity index (χ3v) is 3.84. The van der Waals surface area contributed by atoms with Crippen molar-refractivity contribution in [3.63, 3.8) is 0 Å². The van der Waals surface area contributed by atoms with E-state index in [1.54, 1.807) is 0 Å². The van der Waals surface area contributed by atoms with Gasteiger partial charge in [-0.25, -0.2) is 0 Å². The largest absolute Gasteiger partial charge is 0.481 e. The van der Waals surface area contributed by atoms with Gasteiger partial charge in [0.2, 0.25) is 0 Å². The van der Waals surface area contributed by atoms with Gasteiger partial charge >= 0.3 is 5.97 Å². The smallest absolute Gasteiger partial charge is 0.307 e. The van der Waals surface area contributed by atoms with Crippen molar-refractivity contribution in [2.75, 3.05) is 13.2 Å².